The number of methoxy groups -OCH3 is 1. The lowest BCUT2D eigenvalue weighted by Crippen LogP contribution is -2.25. The molecule has 21 heavy (non-hydrogen) atoms. The number of hydrogen-bond acceptors (Lipinski definition) is 5. The predicted octanol–water partition coefficient (Wildman–Crippen LogP) is 1.83. The quantitative estimate of drug-likeness (QED) is 0.425. The van der Waals surface area contributed by atoms with E-state index in [4.69, 9.17) is 4.74 Å². The molecular formula is C12H17FN2O5S. The summed E-state index contributed by atoms with van der Waals surface area (Å²) >= 11 is 0. The maximum atomic E-state index is 13.4. The minimum Gasteiger partial charge on any atom is -0.385 e. The molecule has 0 saturated heterocycles. The Morgan fingerprint density at radius 3 is 2.62 bits per heavy atom. The van der Waals surface area contributed by atoms with Crippen LogP contribution in [0.5, 0.6) is 0 Å². The molecule has 118 valence electrons. The van der Waals surface area contributed by atoms with Crippen LogP contribution in [0, 0.1) is 15.9 Å². The van der Waals surface area contributed by atoms with E-state index < -0.39 is 26.5 Å². The molecule has 0 fully saturated rings. The SMILES string of the molecule is COCCCCCNS(=O)(=O)c1ccc([N+](=O)[O-])c(F)c1. The molecule has 1 aromatic rings. The first-order chi connectivity index (χ1) is 9.88. The van der Waals surface area contributed by atoms with Gasteiger partial charge >= 0.3 is 5.69 Å². The molecule has 1 N–H and O–H groups in total. The largest absolute Gasteiger partial charge is 0.385 e. The topological polar surface area (TPSA) is 98.5 Å². The number of unbranched alkanes of at least 4 members (excludes halogenated alkanes) is 2. The normalized spacial score (nSPS) is 11.5. The Morgan fingerprint density at radius 2 is 2.05 bits per heavy atom. The van der Waals surface area contributed by atoms with Crippen LogP contribution in [0.25, 0.3) is 0 Å². The second-order valence-corrected chi connectivity index (χ2v) is 6.09. The lowest BCUT2D eigenvalue weighted by Gasteiger charge is -2.07. The van der Waals surface area contributed by atoms with E-state index in [1.54, 1.807) is 7.11 Å². The second-order valence-electron chi connectivity index (χ2n) is 4.32. The van der Waals surface area contributed by atoms with E-state index >= 15 is 0 Å². The van der Waals surface area contributed by atoms with Gasteiger partial charge in [0.05, 0.1) is 9.82 Å². The number of sulfonamides is 1. The van der Waals surface area contributed by atoms with Crippen molar-refractivity contribution in [3.63, 3.8) is 0 Å². The van der Waals surface area contributed by atoms with Gasteiger partial charge in [0.2, 0.25) is 15.8 Å². The predicted molar refractivity (Wildman–Crippen MR) is 74.0 cm³/mol. The summed E-state index contributed by atoms with van der Waals surface area (Å²) < 4.78 is 44.4. The van der Waals surface area contributed by atoms with Gasteiger partial charge in [-0.25, -0.2) is 13.1 Å². The first-order valence-corrected chi connectivity index (χ1v) is 7.79. The third kappa shape index (κ3) is 5.37. The standard InChI is InChI=1S/C12H17FN2O5S/c1-20-8-4-2-3-7-14-21(18,19)10-5-6-12(15(16)17)11(13)9-10/h5-6,9,14H,2-4,7-8H2,1H3. The summed E-state index contributed by atoms with van der Waals surface area (Å²) in [7, 11) is -2.27. The van der Waals surface area contributed by atoms with Crippen LogP contribution in [-0.2, 0) is 14.8 Å². The van der Waals surface area contributed by atoms with Crippen LogP contribution < -0.4 is 4.72 Å². The van der Waals surface area contributed by atoms with Gasteiger partial charge in [0.25, 0.3) is 0 Å². The Kier molecular flexibility index (Phi) is 6.66. The van der Waals surface area contributed by atoms with E-state index in [0.29, 0.717) is 19.1 Å². The molecule has 0 bridgehead atoms. The second kappa shape index (κ2) is 8.01. The molecule has 0 aliphatic carbocycles. The summed E-state index contributed by atoms with van der Waals surface area (Å²) in [4.78, 5) is 9.23. The fourth-order valence-corrected chi connectivity index (χ4v) is 2.73. The average molecular weight is 320 g/mol. The van der Waals surface area contributed by atoms with Crippen LogP contribution in [-0.4, -0.2) is 33.6 Å². The molecule has 1 aromatic carbocycles. The molecular weight excluding hydrogens is 303 g/mol. The molecule has 0 heterocycles. The van der Waals surface area contributed by atoms with Gasteiger partial charge in [-0.3, -0.25) is 10.1 Å². The van der Waals surface area contributed by atoms with Gasteiger partial charge in [0.1, 0.15) is 0 Å². The first-order valence-electron chi connectivity index (χ1n) is 6.31. The highest BCUT2D eigenvalue weighted by Crippen LogP contribution is 2.20. The van der Waals surface area contributed by atoms with Crippen molar-refractivity contribution in [2.45, 2.75) is 24.2 Å². The number of hydrogen-bond donors (Lipinski definition) is 1. The number of halogens is 1. The number of nitro benzene ring substituents is 1. The van der Waals surface area contributed by atoms with Crippen molar-refractivity contribution in [3.05, 3.63) is 34.1 Å². The van der Waals surface area contributed by atoms with Crippen molar-refractivity contribution < 1.29 is 22.5 Å². The highest BCUT2D eigenvalue weighted by molar-refractivity contribution is 7.89. The number of nitrogens with zero attached hydrogens (tertiary/aromatic N) is 1. The number of nitrogens with one attached hydrogen (secondary N) is 1. The monoisotopic (exact) mass is 320 g/mol. The summed E-state index contributed by atoms with van der Waals surface area (Å²) in [5.74, 6) is -1.18. The maximum absolute atomic E-state index is 13.4. The zero-order valence-electron chi connectivity index (χ0n) is 11.5. The maximum Gasteiger partial charge on any atom is 0.304 e. The summed E-state index contributed by atoms with van der Waals surface area (Å²) in [6.07, 6.45) is 2.24. The molecule has 0 aliphatic heterocycles. The van der Waals surface area contributed by atoms with Gasteiger partial charge in [-0.1, -0.05) is 0 Å². The van der Waals surface area contributed by atoms with E-state index in [2.05, 4.69) is 4.72 Å². The van der Waals surface area contributed by atoms with Crippen LogP contribution in [0.15, 0.2) is 23.1 Å². The molecule has 0 spiro atoms. The zero-order valence-corrected chi connectivity index (χ0v) is 12.4. The lowest BCUT2D eigenvalue weighted by atomic mass is 10.2. The molecule has 7 nitrogen and oxygen atoms in total. The van der Waals surface area contributed by atoms with Crippen LogP contribution in [0.4, 0.5) is 10.1 Å². The van der Waals surface area contributed by atoms with Gasteiger partial charge < -0.3 is 4.74 Å². The number of benzene rings is 1. The minimum absolute atomic E-state index is 0.213. The molecule has 0 unspecified atom stereocenters. The molecule has 9 heteroatoms. The van der Waals surface area contributed by atoms with Crippen molar-refractivity contribution >= 4 is 15.7 Å². The highest BCUT2D eigenvalue weighted by atomic mass is 32.2. The van der Waals surface area contributed by atoms with Gasteiger partial charge in [0.15, 0.2) is 0 Å². The summed E-state index contributed by atoms with van der Waals surface area (Å²) in [5.41, 5.74) is -0.756. The zero-order chi connectivity index (χ0) is 15.9. The first kappa shape index (κ1) is 17.5. The van der Waals surface area contributed by atoms with Gasteiger partial charge in [0, 0.05) is 32.4 Å². The summed E-state index contributed by atoms with van der Waals surface area (Å²) in [6.45, 7) is 0.824. The smallest absolute Gasteiger partial charge is 0.304 e. The number of nitro groups is 1. The van der Waals surface area contributed by atoms with Crippen molar-refractivity contribution in [2.24, 2.45) is 0 Å². The van der Waals surface area contributed by atoms with Gasteiger partial charge in [-0.2, -0.15) is 4.39 Å². The fourth-order valence-electron chi connectivity index (χ4n) is 1.64. The summed E-state index contributed by atoms with van der Waals surface area (Å²) in [5, 5.41) is 10.5. The molecule has 0 aromatic heterocycles. The molecule has 0 amide bonds. The Labute approximate surface area is 122 Å². The van der Waals surface area contributed by atoms with Gasteiger partial charge in [-0.05, 0) is 25.3 Å². The van der Waals surface area contributed by atoms with Crippen LogP contribution >= 0.6 is 0 Å². The third-order valence-corrected chi connectivity index (χ3v) is 4.20. The molecule has 0 aliphatic rings. The highest BCUT2D eigenvalue weighted by Gasteiger charge is 2.20. The number of ether oxygens (including phenoxy) is 1. The van der Waals surface area contributed by atoms with E-state index in [1.807, 2.05) is 0 Å². The Balaban J connectivity index is 2.62. The summed E-state index contributed by atoms with van der Waals surface area (Å²) in [6, 6.07) is 2.49. The van der Waals surface area contributed by atoms with Crippen molar-refractivity contribution in [3.8, 4) is 0 Å². The molecule has 0 saturated carbocycles. The molecule has 1 rings (SSSR count). The average Bonchev–Trinajstić information content (AvgIpc) is 2.42. The van der Waals surface area contributed by atoms with Crippen LogP contribution in [0.1, 0.15) is 19.3 Å². The Morgan fingerprint density at radius 1 is 1.33 bits per heavy atom. The third-order valence-electron chi connectivity index (χ3n) is 2.74. The molecule has 0 atom stereocenters. The van der Waals surface area contributed by atoms with E-state index in [1.165, 1.54) is 0 Å². The van der Waals surface area contributed by atoms with E-state index in [0.717, 1.165) is 25.0 Å². The van der Waals surface area contributed by atoms with Crippen molar-refractivity contribution in [1.29, 1.82) is 0 Å². The van der Waals surface area contributed by atoms with Crippen LogP contribution in [0.2, 0.25) is 0 Å². The van der Waals surface area contributed by atoms with Crippen LogP contribution in [0.3, 0.4) is 0 Å². The number of rotatable bonds is 9. The Bertz CT molecular complexity index is 591. The van der Waals surface area contributed by atoms with Crippen molar-refractivity contribution in [2.75, 3.05) is 20.3 Å². The van der Waals surface area contributed by atoms with Crippen molar-refractivity contribution in [1.82, 2.24) is 4.72 Å². The van der Waals surface area contributed by atoms with Gasteiger partial charge in [-0.15, -0.1) is 0 Å². The molecule has 0 radical (unpaired) electrons. The Hall–Kier alpha value is -1.58. The fraction of sp³-hybridized carbons (Fsp3) is 0.500. The van der Waals surface area contributed by atoms with E-state index in [9.17, 15) is 22.9 Å². The lowest BCUT2D eigenvalue weighted by molar-refractivity contribution is -0.387. The van der Waals surface area contributed by atoms with E-state index in [-0.39, 0.29) is 11.4 Å². The minimum atomic E-state index is -3.86.